The van der Waals surface area contributed by atoms with Crippen molar-refractivity contribution in [3.05, 3.63) is 49.9 Å². The van der Waals surface area contributed by atoms with Gasteiger partial charge in [-0.1, -0.05) is 36.8 Å². The van der Waals surface area contributed by atoms with Crippen LogP contribution in [0.3, 0.4) is 0 Å². The van der Waals surface area contributed by atoms with Gasteiger partial charge in [-0.05, 0) is 43.4 Å². The summed E-state index contributed by atoms with van der Waals surface area (Å²) in [6.45, 7) is 5.63. The van der Waals surface area contributed by atoms with Gasteiger partial charge in [-0.3, -0.25) is 18.7 Å². The number of amides is 1. The fourth-order valence-corrected chi connectivity index (χ4v) is 5.18. The molecule has 3 heterocycles. The van der Waals surface area contributed by atoms with Crippen LogP contribution in [0.1, 0.15) is 33.1 Å². The summed E-state index contributed by atoms with van der Waals surface area (Å²) < 4.78 is 16.0. The quantitative estimate of drug-likeness (QED) is 0.565. The van der Waals surface area contributed by atoms with E-state index in [1.54, 1.807) is 0 Å². The molecule has 1 aliphatic heterocycles. The fraction of sp³-hybridized carbons (Fsp3) is 0.455. The van der Waals surface area contributed by atoms with Crippen molar-refractivity contribution in [2.24, 2.45) is 5.92 Å². The Labute approximate surface area is 198 Å². The molecule has 1 aromatic carbocycles. The zero-order chi connectivity index (χ0) is 23.7. The van der Waals surface area contributed by atoms with Gasteiger partial charge in [0.15, 0.2) is 10.8 Å². The monoisotopic (exact) mass is 493 g/mol. The summed E-state index contributed by atoms with van der Waals surface area (Å²) in [6, 6.07) is 3.62. The summed E-state index contributed by atoms with van der Waals surface area (Å²) in [7, 11) is 0. The van der Waals surface area contributed by atoms with Gasteiger partial charge in [0, 0.05) is 19.6 Å². The number of thiazole rings is 1. The van der Waals surface area contributed by atoms with Crippen LogP contribution in [0, 0.1) is 11.7 Å². The van der Waals surface area contributed by atoms with Crippen LogP contribution in [-0.4, -0.2) is 33.1 Å². The van der Waals surface area contributed by atoms with Crippen LogP contribution in [0.25, 0.3) is 10.3 Å². The molecule has 176 valence electrons. The lowest BCUT2D eigenvalue weighted by Gasteiger charge is -2.29. The average molecular weight is 494 g/mol. The largest absolute Gasteiger partial charge is 0.348 e. The molecule has 1 saturated heterocycles. The third-order valence-electron chi connectivity index (χ3n) is 5.76. The number of hydrogen-bond acceptors (Lipinski definition) is 6. The first-order chi connectivity index (χ1) is 15.8. The summed E-state index contributed by atoms with van der Waals surface area (Å²) >= 11 is 7.26. The molecule has 4 rings (SSSR count). The lowest BCUT2D eigenvalue weighted by Crippen LogP contribution is -2.41. The predicted molar refractivity (Wildman–Crippen MR) is 129 cm³/mol. The number of piperidine rings is 1. The third kappa shape index (κ3) is 4.81. The molecule has 0 spiro atoms. The number of anilines is 2. The topological polar surface area (TPSA) is 89.2 Å². The number of benzene rings is 1. The summed E-state index contributed by atoms with van der Waals surface area (Å²) in [5.74, 6) is -0.419. The third-order valence-corrected chi connectivity index (χ3v) is 7.17. The minimum Gasteiger partial charge on any atom is -0.348 e. The van der Waals surface area contributed by atoms with Crippen molar-refractivity contribution in [2.45, 2.75) is 46.2 Å². The Morgan fingerprint density at radius 3 is 2.67 bits per heavy atom. The number of nitrogens with one attached hydrogen (secondary N) is 1. The van der Waals surface area contributed by atoms with Gasteiger partial charge in [-0.15, -0.1) is 0 Å². The van der Waals surface area contributed by atoms with Crippen molar-refractivity contribution in [2.75, 3.05) is 23.3 Å². The number of halogens is 2. The highest BCUT2D eigenvalue weighted by Gasteiger charge is 2.24. The standard InChI is InChI=1S/C22H25ClFN5O3S/c1-3-8-28-20(31)18-19(26-21(33-18)27-9-6-13(2)7-10-27)29(22(28)32)12-17(30)25-16-5-4-14(24)11-15(16)23/h4-5,11,13H,3,6-10,12H2,1-2H3,(H,25,30). The van der Waals surface area contributed by atoms with Crippen LogP contribution < -0.4 is 21.5 Å². The second-order valence-electron chi connectivity index (χ2n) is 8.32. The smallest absolute Gasteiger partial charge is 0.333 e. The van der Waals surface area contributed by atoms with Gasteiger partial charge in [-0.2, -0.15) is 0 Å². The molecular formula is C22H25ClFN5O3S. The van der Waals surface area contributed by atoms with E-state index in [0.717, 1.165) is 36.6 Å². The van der Waals surface area contributed by atoms with Crippen molar-refractivity contribution >= 4 is 50.0 Å². The molecule has 0 aliphatic carbocycles. The minimum atomic E-state index is -0.584. The average Bonchev–Trinajstić information content (AvgIpc) is 3.22. The Morgan fingerprint density at radius 1 is 1.27 bits per heavy atom. The molecule has 1 aliphatic rings. The first-order valence-corrected chi connectivity index (χ1v) is 12.1. The van der Waals surface area contributed by atoms with E-state index in [0.29, 0.717) is 22.2 Å². The minimum absolute atomic E-state index is 0.0482. The second-order valence-corrected chi connectivity index (χ2v) is 9.70. The maximum atomic E-state index is 13.3. The Hall–Kier alpha value is -2.72. The highest BCUT2D eigenvalue weighted by molar-refractivity contribution is 7.22. The van der Waals surface area contributed by atoms with Gasteiger partial charge >= 0.3 is 5.69 Å². The normalized spacial score (nSPS) is 14.7. The molecule has 33 heavy (non-hydrogen) atoms. The van der Waals surface area contributed by atoms with E-state index in [1.165, 1.54) is 28.0 Å². The Balaban J connectivity index is 1.73. The van der Waals surface area contributed by atoms with Crippen molar-refractivity contribution in [3.63, 3.8) is 0 Å². The SMILES string of the molecule is CCCn1c(=O)c2sc(N3CCC(C)CC3)nc2n(CC(=O)Nc2ccc(F)cc2Cl)c1=O. The highest BCUT2D eigenvalue weighted by atomic mass is 35.5. The molecule has 8 nitrogen and oxygen atoms in total. The van der Waals surface area contributed by atoms with E-state index in [2.05, 4.69) is 22.1 Å². The Kier molecular flexibility index (Phi) is 6.85. The first kappa shape index (κ1) is 23.4. The molecule has 1 amide bonds. The predicted octanol–water partition coefficient (Wildman–Crippen LogP) is 3.70. The number of rotatable bonds is 6. The van der Waals surface area contributed by atoms with Crippen LogP contribution in [0.5, 0.6) is 0 Å². The van der Waals surface area contributed by atoms with Gasteiger partial charge in [0.1, 0.15) is 17.1 Å². The van der Waals surface area contributed by atoms with Crippen LogP contribution in [0.4, 0.5) is 15.2 Å². The van der Waals surface area contributed by atoms with Crippen LogP contribution in [0.2, 0.25) is 5.02 Å². The molecule has 2 aromatic heterocycles. The number of aromatic nitrogens is 3. The maximum absolute atomic E-state index is 13.3. The number of nitrogens with zero attached hydrogens (tertiary/aromatic N) is 4. The van der Waals surface area contributed by atoms with Gasteiger partial charge in [0.05, 0.1) is 10.7 Å². The summed E-state index contributed by atoms with van der Waals surface area (Å²) in [6.07, 6.45) is 2.65. The molecule has 0 atom stereocenters. The van der Waals surface area contributed by atoms with Crippen LogP contribution in [-0.2, 0) is 17.9 Å². The Morgan fingerprint density at radius 2 is 2.00 bits per heavy atom. The molecule has 0 unspecified atom stereocenters. The van der Waals surface area contributed by atoms with E-state index >= 15 is 0 Å². The second kappa shape index (κ2) is 9.64. The summed E-state index contributed by atoms with van der Waals surface area (Å²) in [5, 5.41) is 3.33. The number of hydrogen-bond donors (Lipinski definition) is 1. The number of carbonyl (C=O) groups excluding carboxylic acids is 1. The molecule has 0 radical (unpaired) electrons. The summed E-state index contributed by atoms with van der Waals surface area (Å²) in [4.78, 5) is 45.7. The van der Waals surface area contributed by atoms with Gasteiger partial charge in [0.25, 0.3) is 5.56 Å². The molecule has 1 N–H and O–H groups in total. The highest BCUT2D eigenvalue weighted by Crippen LogP contribution is 2.29. The number of carbonyl (C=O) groups is 1. The molecule has 11 heteroatoms. The van der Waals surface area contributed by atoms with E-state index < -0.39 is 17.4 Å². The molecule has 0 bridgehead atoms. The first-order valence-electron chi connectivity index (χ1n) is 10.9. The Bertz CT molecular complexity index is 1310. The van der Waals surface area contributed by atoms with Gasteiger partial charge in [-0.25, -0.2) is 14.2 Å². The lowest BCUT2D eigenvalue weighted by atomic mass is 10.00. The van der Waals surface area contributed by atoms with Crippen molar-refractivity contribution in [1.29, 1.82) is 0 Å². The van der Waals surface area contributed by atoms with Gasteiger partial charge in [0.2, 0.25) is 5.91 Å². The molecular weight excluding hydrogens is 469 g/mol. The van der Waals surface area contributed by atoms with Crippen molar-refractivity contribution in [1.82, 2.24) is 14.1 Å². The molecule has 3 aromatic rings. The van der Waals surface area contributed by atoms with Crippen molar-refractivity contribution < 1.29 is 9.18 Å². The molecule has 0 saturated carbocycles. The van der Waals surface area contributed by atoms with E-state index in [9.17, 15) is 18.8 Å². The van der Waals surface area contributed by atoms with E-state index in [1.807, 2.05) is 6.92 Å². The van der Waals surface area contributed by atoms with E-state index in [4.69, 9.17) is 11.6 Å². The zero-order valence-electron chi connectivity index (χ0n) is 18.4. The number of fused-ring (bicyclic) bond motifs is 1. The van der Waals surface area contributed by atoms with Gasteiger partial charge < -0.3 is 10.2 Å². The van der Waals surface area contributed by atoms with E-state index in [-0.39, 0.29) is 35.0 Å². The molecule has 1 fully saturated rings. The maximum Gasteiger partial charge on any atom is 0.333 e. The van der Waals surface area contributed by atoms with Crippen LogP contribution in [0.15, 0.2) is 27.8 Å². The summed E-state index contributed by atoms with van der Waals surface area (Å²) in [5.41, 5.74) is -0.532. The zero-order valence-corrected chi connectivity index (χ0v) is 20.0. The lowest BCUT2D eigenvalue weighted by molar-refractivity contribution is -0.116. The van der Waals surface area contributed by atoms with Crippen LogP contribution >= 0.6 is 22.9 Å². The fourth-order valence-electron chi connectivity index (χ4n) is 3.89. The van der Waals surface area contributed by atoms with Crippen molar-refractivity contribution in [3.8, 4) is 0 Å².